The number of hydrogen-bond acceptors (Lipinski definition) is 4. The molecule has 0 radical (unpaired) electrons. The standard InChI is InChI=1S/C18H26N2O4/c1-18(2,3)19-15(21)12-20(4)16(22)13-24-17(23)11-10-14-8-6-5-7-9-14/h5-9H,10-13H2,1-4H3,(H,19,21). The molecule has 0 bridgehead atoms. The Bertz CT molecular complexity index is 564. The fourth-order valence-corrected chi connectivity index (χ4v) is 1.98. The van der Waals surface area contributed by atoms with Crippen LogP contribution in [0.5, 0.6) is 0 Å². The molecule has 0 atom stereocenters. The molecule has 0 aliphatic heterocycles. The van der Waals surface area contributed by atoms with E-state index < -0.39 is 11.9 Å². The molecule has 0 spiro atoms. The summed E-state index contributed by atoms with van der Waals surface area (Å²) in [5.41, 5.74) is 0.682. The number of ether oxygens (including phenoxy) is 1. The summed E-state index contributed by atoms with van der Waals surface area (Å²) in [4.78, 5) is 36.6. The Hall–Kier alpha value is -2.37. The highest BCUT2D eigenvalue weighted by Crippen LogP contribution is 2.03. The lowest BCUT2D eigenvalue weighted by Crippen LogP contribution is -2.46. The second-order valence-corrected chi connectivity index (χ2v) is 6.69. The Morgan fingerprint density at radius 3 is 2.33 bits per heavy atom. The second-order valence-electron chi connectivity index (χ2n) is 6.69. The molecule has 1 aromatic rings. The van der Waals surface area contributed by atoms with Gasteiger partial charge in [-0.15, -0.1) is 0 Å². The molecule has 132 valence electrons. The van der Waals surface area contributed by atoms with Gasteiger partial charge in [-0.05, 0) is 32.8 Å². The maximum Gasteiger partial charge on any atom is 0.306 e. The minimum atomic E-state index is -0.431. The van der Waals surface area contributed by atoms with E-state index in [1.54, 1.807) is 0 Å². The van der Waals surface area contributed by atoms with Crippen LogP contribution in [-0.4, -0.2) is 48.4 Å². The van der Waals surface area contributed by atoms with Crippen LogP contribution in [0.1, 0.15) is 32.8 Å². The summed E-state index contributed by atoms with van der Waals surface area (Å²) in [5, 5.41) is 2.77. The van der Waals surface area contributed by atoms with Crippen molar-refractivity contribution >= 4 is 17.8 Å². The number of likely N-dealkylation sites (N-methyl/N-ethyl adjacent to an activating group) is 1. The van der Waals surface area contributed by atoms with Crippen LogP contribution >= 0.6 is 0 Å². The zero-order valence-corrected chi connectivity index (χ0v) is 14.8. The summed E-state index contributed by atoms with van der Waals surface area (Å²) in [7, 11) is 1.50. The summed E-state index contributed by atoms with van der Waals surface area (Å²) in [5.74, 6) is -1.10. The van der Waals surface area contributed by atoms with Gasteiger partial charge < -0.3 is 15.0 Å². The highest BCUT2D eigenvalue weighted by atomic mass is 16.5. The molecule has 1 N–H and O–H groups in total. The van der Waals surface area contributed by atoms with E-state index in [1.807, 2.05) is 51.1 Å². The molecular formula is C18H26N2O4. The van der Waals surface area contributed by atoms with Gasteiger partial charge in [0.2, 0.25) is 5.91 Å². The van der Waals surface area contributed by atoms with Gasteiger partial charge in [0.05, 0.1) is 6.54 Å². The van der Waals surface area contributed by atoms with Crippen molar-refractivity contribution in [3.63, 3.8) is 0 Å². The molecule has 0 saturated heterocycles. The minimum absolute atomic E-state index is 0.0718. The van der Waals surface area contributed by atoms with Gasteiger partial charge in [0.25, 0.3) is 5.91 Å². The second kappa shape index (κ2) is 9.05. The SMILES string of the molecule is CN(CC(=O)NC(C)(C)C)C(=O)COC(=O)CCc1ccccc1. The molecule has 2 amide bonds. The van der Waals surface area contributed by atoms with Gasteiger partial charge in [0.15, 0.2) is 6.61 Å². The van der Waals surface area contributed by atoms with Crippen LogP contribution in [-0.2, 0) is 25.5 Å². The average molecular weight is 334 g/mol. The van der Waals surface area contributed by atoms with Gasteiger partial charge in [0.1, 0.15) is 0 Å². The van der Waals surface area contributed by atoms with Crippen LogP contribution in [0.4, 0.5) is 0 Å². The zero-order chi connectivity index (χ0) is 18.2. The van der Waals surface area contributed by atoms with Crippen molar-refractivity contribution in [2.75, 3.05) is 20.2 Å². The number of carbonyl (C=O) groups is 3. The van der Waals surface area contributed by atoms with E-state index in [-0.39, 0.29) is 31.0 Å². The quantitative estimate of drug-likeness (QED) is 0.768. The van der Waals surface area contributed by atoms with E-state index in [1.165, 1.54) is 11.9 Å². The molecule has 1 aromatic carbocycles. The number of nitrogens with zero attached hydrogens (tertiary/aromatic N) is 1. The number of rotatable bonds is 7. The lowest BCUT2D eigenvalue weighted by Gasteiger charge is -2.23. The van der Waals surface area contributed by atoms with Crippen LogP contribution in [0.25, 0.3) is 0 Å². The van der Waals surface area contributed by atoms with Crippen LogP contribution in [0.3, 0.4) is 0 Å². The van der Waals surface area contributed by atoms with Crippen LogP contribution in [0.15, 0.2) is 30.3 Å². The predicted octanol–water partition coefficient (Wildman–Crippen LogP) is 1.54. The maximum atomic E-state index is 11.9. The van der Waals surface area contributed by atoms with Crippen molar-refractivity contribution in [2.24, 2.45) is 0 Å². The first-order chi connectivity index (χ1) is 11.2. The highest BCUT2D eigenvalue weighted by molar-refractivity contribution is 5.86. The summed E-state index contributed by atoms with van der Waals surface area (Å²) < 4.78 is 4.97. The van der Waals surface area contributed by atoms with Crippen molar-refractivity contribution < 1.29 is 19.1 Å². The molecule has 24 heavy (non-hydrogen) atoms. The number of nitrogens with one attached hydrogen (secondary N) is 1. The minimum Gasteiger partial charge on any atom is -0.456 e. The van der Waals surface area contributed by atoms with E-state index in [2.05, 4.69) is 5.32 Å². The normalized spacial score (nSPS) is 10.8. The molecule has 0 saturated carbocycles. The molecule has 0 aromatic heterocycles. The monoisotopic (exact) mass is 334 g/mol. The molecule has 6 nitrogen and oxygen atoms in total. The Morgan fingerprint density at radius 2 is 1.75 bits per heavy atom. The molecule has 0 heterocycles. The lowest BCUT2D eigenvalue weighted by atomic mass is 10.1. The Labute approximate surface area is 143 Å². The molecule has 0 aliphatic rings. The van der Waals surface area contributed by atoms with Gasteiger partial charge in [0, 0.05) is 19.0 Å². The number of carbonyl (C=O) groups excluding carboxylic acids is 3. The summed E-state index contributed by atoms with van der Waals surface area (Å²) in [6, 6.07) is 9.58. The topological polar surface area (TPSA) is 75.7 Å². The van der Waals surface area contributed by atoms with Gasteiger partial charge in [-0.25, -0.2) is 0 Å². The molecule has 0 fully saturated rings. The third-order valence-electron chi connectivity index (χ3n) is 3.14. The largest absolute Gasteiger partial charge is 0.456 e. The first kappa shape index (κ1) is 19.7. The maximum absolute atomic E-state index is 11.9. The van der Waals surface area contributed by atoms with Crippen LogP contribution < -0.4 is 5.32 Å². The molecule has 0 aliphatic carbocycles. The van der Waals surface area contributed by atoms with Crippen molar-refractivity contribution in [1.82, 2.24) is 10.2 Å². The van der Waals surface area contributed by atoms with Gasteiger partial charge in [-0.1, -0.05) is 30.3 Å². The van der Waals surface area contributed by atoms with Gasteiger partial charge in [-0.3, -0.25) is 14.4 Å². The van der Waals surface area contributed by atoms with Crippen molar-refractivity contribution in [3.05, 3.63) is 35.9 Å². The number of amides is 2. The lowest BCUT2D eigenvalue weighted by molar-refractivity contribution is -0.152. The number of aryl methyl sites for hydroxylation is 1. The third-order valence-corrected chi connectivity index (χ3v) is 3.14. The van der Waals surface area contributed by atoms with Gasteiger partial charge >= 0.3 is 5.97 Å². The summed E-state index contributed by atoms with van der Waals surface area (Å²) in [6.45, 7) is 5.16. The Kier molecular flexibility index (Phi) is 7.42. The number of hydrogen-bond donors (Lipinski definition) is 1. The van der Waals surface area contributed by atoms with Crippen molar-refractivity contribution in [2.45, 2.75) is 39.2 Å². The van der Waals surface area contributed by atoms with Crippen LogP contribution in [0.2, 0.25) is 0 Å². The number of benzene rings is 1. The smallest absolute Gasteiger partial charge is 0.306 e. The molecular weight excluding hydrogens is 308 g/mol. The molecule has 6 heteroatoms. The fourth-order valence-electron chi connectivity index (χ4n) is 1.98. The average Bonchev–Trinajstić information content (AvgIpc) is 2.49. The summed E-state index contributed by atoms with van der Waals surface area (Å²) in [6.07, 6.45) is 0.781. The zero-order valence-electron chi connectivity index (χ0n) is 14.8. The number of esters is 1. The van der Waals surface area contributed by atoms with Crippen molar-refractivity contribution in [1.29, 1.82) is 0 Å². The Morgan fingerprint density at radius 1 is 1.12 bits per heavy atom. The van der Waals surface area contributed by atoms with E-state index in [0.29, 0.717) is 6.42 Å². The predicted molar refractivity (Wildman–Crippen MR) is 91.3 cm³/mol. The fraction of sp³-hybridized carbons (Fsp3) is 0.500. The first-order valence-electron chi connectivity index (χ1n) is 7.92. The third kappa shape index (κ3) is 8.31. The molecule has 1 rings (SSSR count). The molecule has 0 unspecified atom stereocenters. The van der Waals surface area contributed by atoms with E-state index in [9.17, 15) is 14.4 Å². The van der Waals surface area contributed by atoms with E-state index in [0.717, 1.165) is 5.56 Å². The first-order valence-corrected chi connectivity index (χ1v) is 7.92. The summed E-state index contributed by atoms with van der Waals surface area (Å²) >= 11 is 0. The van der Waals surface area contributed by atoms with Gasteiger partial charge in [-0.2, -0.15) is 0 Å². The van der Waals surface area contributed by atoms with Crippen molar-refractivity contribution in [3.8, 4) is 0 Å². The van der Waals surface area contributed by atoms with E-state index in [4.69, 9.17) is 4.74 Å². The Balaban J connectivity index is 2.29. The van der Waals surface area contributed by atoms with Crippen LogP contribution in [0, 0.1) is 0 Å². The van der Waals surface area contributed by atoms with E-state index >= 15 is 0 Å². The highest BCUT2D eigenvalue weighted by Gasteiger charge is 2.18.